The van der Waals surface area contributed by atoms with Gasteiger partial charge in [-0.25, -0.2) is 13.6 Å². The Morgan fingerprint density at radius 1 is 1.21 bits per heavy atom. The third-order valence-electron chi connectivity index (χ3n) is 1.90. The molecule has 1 rings (SSSR count). The molecule has 0 spiro atoms. The first-order valence-corrected chi connectivity index (χ1v) is 5.44. The summed E-state index contributed by atoms with van der Waals surface area (Å²) >= 11 is 0. The van der Waals surface area contributed by atoms with Gasteiger partial charge in [0.1, 0.15) is 11.6 Å². The molecule has 0 atom stereocenters. The molecule has 0 saturated heterocycles. The monoisotopic (exact) mass is 269 g/mol. The van der Waals surface area contributed by atoms with E-state index in [4.69, 9.17) is 0 Å². The number of allylic oxidation sites excluding steroid dienone is 1. The van der Waals surface area contributed by atoms with Crippen molar-refractivity contribution in [1.82, 2.24) is 0 Å². The first kappa shape index (κ1) is 14.8. The number of nitrogens with one attached hydrogen (secondary N) is 1. The predicted molar refractivity (Wildman–Crippen MR) is 65.4 cm³/mol. The lowest BCUT2D eigenvalue weighted by Crippen LogP contribution is -2.20. The Morgan fingerprint density at radius 3 is 2.32 bits per heavy atom. The predicted octanol–water partition coefficient (Wildman–Crippen LogP) is 2.41. The minimum absolute atomic E-state index is 0.0410. The van der Waals surface area contributed by atoms with Crippen molar-refractivity contribution in [1.29, 1.82) is 0 Å². The second-order valence-electron chi connectivity index (χ2n) is 4.04. The molecule has 0 heterocycles. The number of anilines is 1. The molecule has 0 unspecified atom stereocenters. The van der Waals surface area contributed by atoms with Crippen LogP contribution in [0.2, 0.25) is 0 Å². The van der Waals surface area contributed by atoms with Crippen molar-refractivity contribution in [2.45, 2.75) is 13.8 Å². The van der Waals surface area contributed by atoms with Gasteiger partial charge in [0, 0.05) is 17.8 Å². The minimum atomic E-state index is -0.808. The summed E-state index contributed by atoms with van der Waals surface area (Å²) < 4.78 is 30.3. The Labute approximate surface area is 109 Å². The molecule has 0 aliphatic heterocycles. The van der Waals surface area contributed by atoms with Crippen LogP contribution in [0.5, 0.6) is 0 Å². The zero-order valence-electron chi connectivity index (χ0n) is 10.5. The van der Waals surface area contributed by atoms with Gasteiger partial charge in [-0.3, -0.25) is 4.79 Å². The van der Waals surface area contributed by atoms with Crippen LogP contribution in [-0.2, 0) is 14.3 Å². The van der Waals surface area contributed by atoms with E-state index in [2.05, 4.69) is 10.1 Å². The van der Waals surface area contributed by atoms with Crippen molar-refractivity contribution >= 4 is 17.6 Å². The van der Waals surface area contributed by atoms with E-state index in [1.807, 2.05) is 0 Å². The maximum absolute atomic E-state index is 12.9. The van der Waals surface area contributed by atoms with Crippen LogP contribution < -0.4 is 5.32 Å². The molecule has 6 heteroatoms. The van der Waals surface area contributed by atoms with E-state index in [1.54, 1.807) is 13.8 Å². The molecule has 1 aromatic rings. The van der Waals surface area contributed by atoms with Crippen molar-refractivity contribution in [3.63, 3.8) is 0 Å². The van der Waals surface area contributed by atoms with Gasteiger partial charge in [-0.2, -0.15) is 0 Å². The van der Waals surface area contributed by atoms with Gasteiger partial charge >= 0.3 is 5.97 Å². The number of carbonyl (C=O) groups is 2. The smallest absolute Gasteiger partial charge is 0.331 e. The van der Waals surface area contributed by atoms with Gasteiger partial charge in [0.2, 0.25) is 0 Å². The molecule has 0 bridgehead atoms. The first-order chi connectivity index (χ1) is 8.86. The summed E-state index contributed by atoms with van der Waals surface area (Å²) in [5.74, 6) is -2.95. The Kier molecular flexibility index (Phi) is 5.17. The Morgan fingerprint density at radius 2 is 1.79 bits per heavy atom. The highest BCUT2D eigenvalue weighted by molar-refractivity contribution is 5.93. The molecule has 1 aromatic carbocycles. The molecule has 1 amide bonds. The zero-order chi connectivity index (χ0) is 14.4. The molecule has 0 aliphatic carbocycles. The number of hydrogen-bond donors (Lipinski definition) is 1. The molecule has 0 aliphatic rings. The van der Waals surface area contributed by atoms with E-state index in [1.165, 1.54) is 6.08 Å². The van der Waals surface area contributed by atoms with Gasteiger partial charge in [0.05, 0.1) is 0 Å². The van der Waals surface area contributed by atoms with Gasteiger partial charge < -0.3 is 10.1 Å². The Bertz CT molecular complexity index is 502. The fourth-order valence-corrected chi connectivity index (χ4v) is 1.24. The lowest BCUT2D eigenvalue weighted by atomic mass is 10.3. The van der Waals surface area contributed by atoms with E-state index < -0.39 is 30.1 Å². The van der Waals surface area contributed by atoms with Gasteiger partial charge in [-0.05, 0) is 26.0 Å². The van der Waals surface area contributed by atoms with E-state index in [0.29, 0.717) is 6.07 Å². The highest BCUT2D eigenvalue weighted by Gasteiger charge is 2.07. The van der Waals surface area contributed by atoms with Crippen LogP contribution in [0.3, 0.4) is 0 Å². The van der Waals surface area contributed by atoms with Gasteiger partial charge in [0.25, 0.3) is 5.91 Å². The zero-order valence-corrected chi connectivity index (χ0v) is 10.5. The summed E-state index contributed by atoms with van der Waals surface area (Å²) in [6.45, 7) is 2.88. The average molecular weight is 269 g/mol. The fraction of sp³-hybridized carbons (Fsp3) is 0.231. The molecule has 0 radical (unpaired) electrons. The molecule has 1 N–H and O–H groups in total. The summed E-state index contributed by atoms with van der Waals surface area (Å²) in [7, 11) is 0. The van der Waals surface area contributed by atoms with Crippen LogP contribution in [0.15, 0.2) is 29.8 Å². The number of halogens is 2. The van der Waals surface area contributed by atoms with Crippen LogP contribution >= 0.6 is 0 Å². The second kappa shape index (κ2) is 6.63. The maximum Gasteiger partial charge on any atom is 0.331 e. The number of esters is 1. The van der Waals surface area contributed by atoms with Gasteiger partial charge in [-0.1, -0.05) is 5.57 Å². The van der Waals surface area contributed by atoms with Crippen molar-refractivity contribution in [2.75, 3.05) is 11.9 Å². The minimum Gasteiger partial charge on any atom is -0.452 e. The lowest BCUT2D eigenvalue weighted by Gasteiger charge is -2.06. The molecule has 0 fully saturated rings. The van der Waals surface area contributed by atoms with Crippen LogP contribution in [0.1, 0.15) is 13.8 Å². The summed E-state index contributed by atoms with van der Waals surface area (Å²) in [5, 5.41) is 2.22. The summed E-state index contributed by atoms with van der Waals surface area (Å²) in [6.07, 6.45) is 1.23. The second-order valence-corrected chi connectivity index (χ2v) is 4.04. The molecule has 19 heavy (non-hydrogen) atoms. The molecule has 0 saturated carbocycles. The topological polar surface area (TPSA) is 55.4 Å². The summed E-state index contributed by atoms with van der Waals surface area (Å²) in [5.41, 5.74) is 0.693. The quantitative estimate of drug-likeness (QED) is 0.674. The SMILES string of the molecule is CC(C)=CC(=O)OCC(=O)Nc1cc(F)cc(F)c1. The fourth-order valence-electron chi connectivity index (χ4n) is 1.24. The number of hydrogen-bond acceptors (Lipinski definition) is 3. The standard InChI is InChI=1S/C13H13F2NO3/c1-8(2)3-13(18)19-7-12(17)16-11-5-9(14)4-10(15)6-11/h3-6H,7H2,1-2H3,(H,16,17). The van der Waals surface area contributed by atoms with E-state index in [9.17, 15) is 18.4 Å². The molecular weight excluding hydrogens is 256 g/mol. The largest absolute Gasteiger partial charge is 0.452 e. The molecular formula is C13H13F2NO3. The maximum atomic E-state index is 12.9. The van der Waals surface area contributed by atoms with Crippen molar-refractivity contribution in [3.8, 4) is 0 Å². The van der Waals surface area contributed by atoms with Crippen molar-refractivity contribution in [2.24, 2.45) is 0 Å². The van der Waals surface area contributed by atoms with Crippen LogP contribution in [0, 0.1) is 11.6 Å². The lowest BCUT2D eigenvalue weighted by molar-refractivity contribution is -0.142. The number of carbonyl (C=O) groups excluding carboxylic acids is 2. The normalized spacial score (nSPS) is 9.68. The first-order valence-electron chi connectivity index (χ1n) is 5.44. The number of benzene rings is 1. The summed E-state index contributed by atoms with van der Waals surface area (Å²) in [4.78, 5) is 22.5. The van der Waals surface area contributed by atoms with Crippen molar-refractivity contribution < 1.29 is 23.1 Å². The Balaban J connectivity index is 2.52. The van der Waals surface area contributed by atoms with Gasteiger partial charge in [-0.15, -0.1) is 0 Å². The van der Waals surface area contributed by atoms with Crippen LogP contribution in [0.25, 0.3) is 0 Å². The third-order valence-corrected chi connectivity index (χ3v) is 1.90. The Hall–Kier alpha value is -2.24. The van der Waals surface area contributed by atoms with E-state index in [-0.39, 0.29) is 5.69 Å². The molecule has 4 nitrogen and oxygen atoms in total. The summed E-state index contributed by atoms with van der Waals surface area (Å²) in [6, 6.07) is 2.60. The number of amides is 1. The highest BCUT2D eigenvalue weighted by atomic mass is 19.1. The van der Waals surface area contributed by atoms with Gasteiger partial charge in [0.15, 0.2) is 6.61 Å². The highest BCUT2D eigenvalue weighted by Crippen LogP contribution is 2.12. The van der Waals surface area contributed by atoms with E-state index >= 15 is 0 Å². The molecule has 102 valence electrons. The molecule has 0 aromatic heterocycles. The van der Waals surface area contributed by atoms with E-state index in [0.717, 1.165) is 17.7 Å². The number of rotatable bonds is 4. The third kappa shape index (κ3) is 5.76. The average Bonchev–Trinajstić information content (AvgIpc) is 2.23. The van der Waals surface area contributed by atoms with Crippen molar-refractivity contribution in [3.05, 3.63) is 41.5 Å². The number of ether oxygens (including phenoxy) is 1. The van der Waals surface area contributed by atoms with Crippen LogP contribution in [0.4, 0.5) is 14.5 Å². The van der Waals surface area contributed by atoms with Crippen LogP contribution in [-0.4, -0.2) is 18.5 Å².